The Kier molecular flexibility index (Phi) is 10.3. The van der Waals surface area contributed by atoms with Crippen molar-refractivity contribution in [2.24, 2.45) is 4.99 Å². The monoisotopic (exact) mass is 496 g/mol. The highest BCUT2D eigenvalue weighted by atomic mass is 127. The predicted octanol–water partition coefficient (Wildman–Crippen LogP) is 4.07. The molecule has 0 amide bonds. The van der Waals surface area contributed by atoms with Crippen LogP contribution in [0.3, 0.4) is 0 Å². The number of aromatic nitrogens is 1. The van der Waals surface area contributed by atoms with Crippen molar-refractivity contribution in [3.8, 4) is 0 Å². The molecule has 0 aliphatic carbocycles. The minimum Gasteiger partial charge on any atom is -0.356 e. The molecule has 1 aromatic heterocycles. The highest BCUT2D eigenvalue weighted by molar-refractivity contribution is 14.0. The van der Waals surface area contributed by atoms with E-state index in [0.717, 1.165) is 24.4 Å². The lowest BCUT2D eigenvalue weighted by Gasteiger charge is -2.12. The summed E-state index contributed by atoms with van der Waals surface area (Å²) in [6, 6.07) is 4.73. The van der Waals surface area contributed by atoms with Gasteiger partial charge in [-0.2, -0.15) is 0 Å². The number of nitrogens with zero attached hydrogens (tertiary/aromatic N) is 2. The van der Waals surface area contributed by atoms with Gasteiger partial charge in [0.15, 0.2) is 5.96 Å². The molecular formula is C17H23ClFIN4S. The molecule has 0 atom stereocenters. The smallest absolute Gasteiger partial charge is 0.191 e. The summed E-state index contributed by atoms with van der Waals surface area (Å²) in [5, 5.41) is 7.98. The van der Waals surface area contributed by atoms with Gasteiger partial charge in [-0.25, -0.2) is 9.37 Å². The van der Waals surface area contributed by atoms with E-state index in [4.69, 9.17) is 11.6 Å². The van der Waals surface area contributed by atoms with Crippen LogP contribution in [-0.2, 0) is 19.3 Å². The van der Waals surface area contributed by atoms with Crippen molar-refractivity contribution >= 4 is 52.9 Å². The standard InChI is InChI=1S/C17H22ClFN4S.HI/c1-3-12-11-23-16(24-12)8-10-22-17(20-2)21-9-7-13-14(18)5-4-6-15(13)19;/h4-6,11H,3,7-10H2,1-2H3,(H2,20,21,22);1H. The maximum absolute atomic E-state index is 13.7. The zero-order chi connectivity index (χ0) is 17.4. The molecule has 0 radical (unpaired) electrons. The average molecular weight is 497 g/mol. The summed E-state index contributed by atoms with van der Waals surface area (Å²) in [5.41, 5.74) is 0.525. The fourth-order valence-corrected chi connectivity index (χ4v) is 3.33. The van der Waals surface area contributed by atoms with Gasteiger partial charge in [-0.1, -0.05) is 24.6 Å². The van der Waals surface area contributed by atoms with Crippen molar-refractivity contribution < 1.29 is 4.39 Å². The van der Waals surface area contributed by atoms with Gasteiger partial charge in [-0.3, -0.25) is 4.99 Å². The first kappa shape index (κ1) is 22.1. The van der Waals surface area contributed by atoms with E-state index < -0.39 is 0 Å². The number of hydrogen-bond donors (Lipinski definition) is 2. The first-order chi connectivity index (χ1) is 11.6. The third-order valence-corrected chi connectivity index (χ3v) is 5.09. The van der Waals surface area contributed by atoms with Crippen molar-refractivity contribution in [3.05, 3.63) is 50.7 Å². The number of benzene rings is 1. The van der Waals surface area contributed by atoms with Gasteiger partial charge in [0.2, 0.25) is 0 Å². The number of aryl methyl sites for hydroxylation is 1. The van der Waals surface area contributed by atoms with E-state index in [1.54, 1.807) is 30.5 Å². The van der Waals surface area contributed by atoms with Gasteiger partial charge in [0.1, 0.15) is 5.82 Å². The predicted molar refractivity (Wildman–Crippen MR) is 115 cm³/mol. The topological polar surface area (TPSA) is 49.3 Å². The van der Waals surface area contributed by atoms with Crippen LogP contribution in [0.25, 0.3) is 0 Å². The minimum atomic E-state index is -0.275. The van der Waals surface area contributed by atoms with Gasteiger partial charge in [-0.15, -0.1) is 35.3 Å². The molecule has 0 bridgehead atoms. The molecule has 1 aromatic carbocycles. The maximum Gasteiger partial charge on any atom is 0.191 e. The number of guanidine groups is 1. The van der Waals surface area contributed by atoms with Gasteiger partial charge < -0.3 is 10.6 Å². The second-order valence-electron chi connectivity index (χ2n) is 5.20. The minimum absolute atomic E-state index is 0. The fourth-order valence-electron chi connectivity index (χ4n) is 2.21. The Labute approximate surface area is 174 Å². The van der Waals surface area contributed by atoms with Crippen LogP contribution < -0.4 is 10.6 Å². The summed E-state index contributed by atoms with van der Waals surface area (Å²) < 4.78 is 13.7. The molecule has 2 N–H and O–H groups in total. The molecule has 4 nitrogen and oxygen atoms in total. The highest BCUT2D eigenvalue weighted by Gasteiger charge is 2.07. The molecule has 0 aliphatic rings. The van der Waals surface area contributed by atoms with Crippen molar-refractivity contribution in [1.82, 2.24) is 15.6 Å². The zero-order valence-electron chi connectivity index (χ0n) is 14.3. The Bertz CT molecular complexity index is 673. The number of rotatable bonds is 7. The molecule has 0 saturated heterocycles. The number of aliphatic imine (C=N–C) groups is 1. The van der Waals surface area contributed by atoms with E-state index in [1.165, 1.54) is 10.9 Å². The highest BCUT2D eigenvalue weighted by Crippen LogP contribution is 2.19. The summed E-state index contributed by atoms with van der Waals surface area (Å²) >= 11 is 7.77. The molecule has 0 aliphatic heterocycles. The Hall–Kier alpha value is -0.930. The van der Waals surface area contributed by atoms with Gasteiger partial charge in [0.25, 0.3) is 0 Å². The molecule has 138 valence electrons. The summed E-state index contributed by atoms with van der Waals surface area (Å²) in [4.78, 5) is 9.86. The van der Waals surface area contributed by atoms with Gasteiger partial charge in [-0.05, 0) is 25.0 Å². The van der Waals surface area contributed by atoms with E-state index in [9.17, 15) is 4.39 Å². The summed E-state index contributed by atoms with van der Waals surface area (Å²) in [6.07, 6.45) is 4.31. The van der Waals surface area contributed by atoms with E-state index in [1.807, 2.05) is 6.20 Å². The van der Waals surface area contributed by atoms with Gasteiger partial charge in [0.05, 0.1) is 5.01 Å². The molecule has 8 heteroatoms. The second kappa shape index (κ2) is 11.6. The van der Waals surface area contributed by atoms with Crippen molar-refractivity contribution in [3.63, 3.8) is 0 Å². The third kappa shape index (κ3) is 7.07. The number of hydrogen-bond acceptors (Lipinski definition) is 3. The Morgan fingerprint density at radius 1 is 1.28 bits per heavy atom. The zero-order valence-corrected chi connectivity index (χ0v) is 18.2. The first-order valence-electron chi connectivity index (χ1n) is 7.95. The number of nitrogens with one attached hydrogen (secondary N) is 2. The molecule has 0 saturated carbocycles. The van der Waals surface area contributed by atoms with Gasteiger partial charge >= 0.3 is 0 Å². The second-order valence-corrected chi connectivity index (χ2v) is 6.81. The Morgan fingerprint density at radius 2 is 2.00 bits per heavy atom. The largest absolute Gasteiger partial charge is 0.356 e. The van der Waals surface area contributed by atoms with Crippen LogP contribution in [0.5, 0.6) is 0 Å². The van der Waals surface area contributed by atoms with E-state index in [-0.39, 0.29) is 29.8 Å². The molecule has 25 heavy (non-hydrogen) atoms. The van der Waals surface area contributed by atoms with Crippen LogP contribution in [0.15, 0.2) is 29.4 Å². The van der Waals surface area contributed by atoms with Crippen LogP contribution >= 0.6 is 46.9 Å². The molecule has 1 heterocycles. The Morgan fingerprint density at radius 3 is 2.60 bits per heavy atom. The van der Waals surface area contributed by atoms with E-state index in [0.29, 0.717) is 29.5 Å². The first-order valence-corrected chi connectivity index (χ1v) is 9.14. The fraction of sp³-hybridized carbons (Fsp3) is 0.412. The van der Waals surface area contributed by atoms with Crippen LogP contribution in [0.2, 0.25) is 5.02 Å². The van der Waals surface area contributed by atoms with Gasteiger partial charge in [0, 0.05) is 48.2 Å². The lowest BCUT2D eigenvalue weighted by molar-refractivity contribution is 0.607. The molecular weight excluding hydrogens is 474 g/mol. The molecule has 0 spiro atoms. The maximum atomic E-state index is 13.7. The van der Waals surface area contributed by atoms with Crippen molar-refractivity contribution in [1.29, 1.82) is 0 Å². The SMILES string of the molecule is CCc1cnc(CCNC(=NC)NCCc2c(F)cccc2Cl)s1.I. The number of thiazole rings is 1. The molecule has 2 rings (SSSR count). The number of halogens is 3. The Balaban J connectivity index is 0.00000312. The summed E-state index contributed by atoms with van der Waals surface area (Å²) in [6.45, 7) is 3.43. The lowest BCUT2D eigenvalue weighted by Crippen LogP contribution is -2.39. The van der Waals surface area contributed by atoms with Crippen LogP contribution in [-0.4, -0.2) is 31.1 Å². The average Bonchev–Trinajstić information content (AvgIpc) is 3.04. The van der Waals surface area contributed by atoms with E-state index >= 15 is 0 Å². The van der Waals surface area contributed by atoms with Crippen LogP contribution in [0.4, 0.5) is 4.39 Å². The molecule has 0 unspecified atom stereocenters. The normalized spacial score (nSPS) is 11.1. The quantitative estimate of drug-likeness (QED) is 0.345. The van der Waals surface area contributed by atoms with Crippen molar-refractivity contribution in [2.75, 3.05) is 20.1 Å². The van der Waals surface area contributed by atoms with Crippen molar-refractivity contribution in [2.45, 2.75) is 26.2 Å². The lowest BCUT2D eigenvalue weighted by atomic mass is 10.1. The summed E-state index contributed by atoms with van der Waals surface area (Å²) in [7, 11) is 1.71. The third-order valence-electron chi connectivity index (χ3n) is 3.53. The summed E-state index contributed by atoms with van der Waals surface area (Å²) in [5.74, 6) is 0.414. The molecule has 2 aromatic rings. The van der Waals surface area contributed by atoms with E-state index in [2.05, 4.69) is 27.5 Å². The van der Waals surface area contributed by atoms with Crippen LogP contribution in [0, 0.1) is 5.82 Å². The van der Waals surface area contributed by atoms with Crippen LogP contribution in [0.1, 0.15) is 22.4 Å². The molecule has 0 fully saturated rings.